The molecule has 0 fully saturated rings. The van der Waals surface area contributed by atoms with Gasteiger partial charge in [-0.1, -0.05) is 29.3 Å². The van der Waals surface area contributed by atoms with Crippen LogP contribution in [0.4, 0.5) is 5.69 Å². The van der Waals surface area contributed by atoms with Gasteiger partial charge in [0.05, 0.1) is 33.8 Å². The highest BCUT2D eigenvalue weighted by Gasteiger charge is 2.26. The highest BCUT2D eigenvalue weighted by molar-refractivity contribution is 6.39. The van der Waals surface area contributed by atoms with Gasteiger partial charge in [0, 0.05) is 19.4 Å². The van der Waals surface area contributed by atoms with Crippen LogP contribution in [0.5, 0.6) is 5.75 Å². The molecule has 1 heterocycles. The number of carboxylic acid groups (broad SMARTS) is 1. The number of guanidine groups is 1. The van der Waals surface area contributed by atoms with Crippen molar-refractivity contribution in [3.63, 3.8) is 0 Å². The number of nitrogens with zero attached hydrogens (tertiary/aromatic N) is 1. The smallest absolute Gasteiger partial charge is 0.308 e. The number of rotatable bonds is 10. The zero-order valence-corrected chi connectivity index (χ0v) is 20.3. The van der Waals surface area contributed by atoms with Gasteiger partial charge in [-0.25, -0.2) is 4.99 Å². The third kappa shape index (κ3) is 7.10. The molecule has 0 spiro atoms. The van der Waals surface area contributed by atoms with Crippen LogP contribution in [0.25, 0.3) is 0 Å². The van der Waals surface area contributed by atoms with Crippen LogP contribution in [0.2, 0.25) is 10.0 Å². The van der Waals surface area contributed by atoms with Gasteiger partial charge in [0.2, 0.25) is 5.91 Å². The number of halogens is 2. The minimum Gasteiger partial charge on any atom is -0.493 e. The maximum Gasteiger partial charge on any atom is 0.308 e. The molecule has 0 saturated carbocycles. The summed E-state index contributed by atoms with van der Waals surface area (Å²) in [4.78, 5) is 40.8. The van der Waals surface area contributed by atoms with Gasteiger partial charge >= 0.3 is 5.97 Å². The number of nitrogens with two attached hydrogens (primary N) is 2. The number of amides is 1. The van der Waals surface area contributed by atoms with Gasteiger partial charge in [0.15, 0.2) is 11.7 Å². The van der Waals surface area contributed by atoms with Crippen LogP contribution in [0.3, 0.4) is 0 Å². The minimum atomic E-state index is -1.20. The molecule has 9 nitrogen and oxygen atoms in total. The number of benzene rings is 2. The summed E-state index contributed by atoms with van der Waals surface area (Å²) in [5.41, 5.74) is 12.5. The van der Waals surface area contributed by atoms with Crippen LogP contribution in [0.1, 0.15) is 47.5 Å². The highest BCUT2D eigenvalue weighted by atomic mass is 35.5. The van der Waals surface area contributed by atoms with Crippen LogP contribution >= 0.6 is 23.2 Å². The molecule has 1 amide bonds. The zero-order chi connectivity index (χ0) is 25.5. The fraction of sp³-hybridized carbons (Fsp3) is 0.333. The number of Topliss-reactive ketones (excluding diaryl/α,β-unsaturated/α-hetero) is 1. The first kappa shape index (κ1) is 26.3. The number of aliphatic imine (C=N–C) groups is 1. The van der Waals surface area contributed by atoms with Gasteiger partial charge in [-0.3, -0.25) is 14.4 Å². The van der Waals surface area contributed by atoms with Crippen LogP contribution < -0.4 is 21.5 Å². The molecule has 0 bridgehead atoms. The maximum absolute atomic E-state index is 12.6. The van der Waals surface area contributed by atoms with Crippen LogP contribution in [-0.2, 0) is 9.59 Å². The monoisotopic (exact) mass is 520 g/mol. The predicted octanol–water partition coefficient (Wildman–Crippen LogP) is 3.63. The Labute approximate surface area is 212 Å². The molecule has 186 valence electrons. The van der Waals surface area contributed by atoms with E-state index in [9.17, 15) is 19.5 Å². The van der Waals surface area contributed by atoms with Gasteiger partial charge in [-0.15, -0.1) is 0 Å². The Kier molecular flexibility index (Phi) is 8.95. The third-order valence-corrected chi connectivity index (χ3v) is 6.33. The van der Waals surface area contributed by atoms with Crippen molar-refractivity contribution in [2.75, 3.05) is 13.2 Å². The quantitative estimate of drug-likeness (QED) is 0.211. The van der Waals surface area contributed by atoms with Crippen molar-refractivity contribution in [3.05, 3.63) is 57.6 Å². The molecule has 2 atom stereocenters. The summed E-state index contributed by atoms with van der Waals surface area (Å²) < 4.78 is 5.69. The first-order valence-electron chi connectivity index (χ1n) is 11.0. The molecule has 2 aromatic carbocycles. The Hall–Kier alpha value is -3.30. The molecule has 2 aromatic rings. The SMILES string of the molecule is NC(N)=Nc1ccc2c(c1)[C@H](CCC(=O)NC[C@H](CC(=O)c1c(Cl)cccc1Cl)C(=O)O)CCO2. The van der Waals surface area contributed by atoms with E-state index in [4.69, 9.17) is 39.4 Å². The number of ketones is 1. The predicted molar refractivity (Wildman–Crippen MR) is 134 cm³/mol. The lowest BCUT2D eigenvalue weighted by Crippen LogP contribution is -2.34. The Balaban J connectivity index is 1.57. The summed E-state index contributed by atoms with van der Waals surface area (Å²) in [6.45, 7) is 0.329. The lowest BCUT2D eigenvalue weighted by Gasteiger charge is -2.26. The number of aliphatic carboxylic acids is 1. The van der Waals surface area contributed by atoms with Crippen molar-refractivity contribution in [3.8, 4) is 5.75 Å². The number of hydrogen-bond donors (Lipinski definition) is 4. The number of carbonyl (C=O) groups is 3. The van der Waals surface area contributed by atoms with E-state index in [1.807, 2.05) is 6.07 Å². The number of fused-ring (bicyclic) bond motifs is 1. The Morgan fingerprint density at radius 3 is 2.54 bits per heavy atom. The molecule has 1 aliphatic rings. The maximum atomic E-state index is 12.6. The van der Waals surface area contributed by atoms with Crippen LogP contribution in [0.15, 0.2) is 41.4 Å². The van der Waals surface area contributed by atoms with E-state index in [0.717, 1.165) is 17.7 Å². The van der Waals surface area contributed by atoms with E-state index in [1.165, 1.54) is 12.1 Å². The normalized spacial score (nSPS) is 15.3. The van der Waals surface area contributed by atoms with E-state index in [0.29, 0.717) is 18.7 Å². The van der Waals surface area contributed by atoms with Crippen molar-refractivity contribution in [1.29, 1.82) is 0 Å². The Morgan fingerprint density at radius 2 is 1.89 bits per heavy atom. The van der Waals surface area contributed by atoms with Gasteiger partial charge in [-0.05, 0) is 54.7 Å². The van der Waals surface area contributed by atoms with E-state index in [1.54, 1.807) is 18.2 Å². The average molecular weight is 521 g/mol. The van der Waals surface area contributed by atoms with Gasteiger partial charge < -0.3 is 26.6 Å². The van der Waals surface area contributed by atoms with Crippen LogP contribution in [0, 0.1) is 5.92 Å². The van der Waals surface area contributed by atoms with E-state index >= 15 is 0 Å². The average Bonchev–Trinajstić information content (AvgIpc) is 2.79. The number of nitrogens with one attached hydrogen (secondary N) is 1. The molecule has 11 heteroatoms. The fourth-order valence-electron chi connectivity index (χ4n) is 3.94. The van der Waals surface area contributed by atoms with Gasteiger partial charge in [0.1, 0.15) is 5.75 Å². The Bertz CT molecular complexity index is 1130. The standard InChI is InChI=1S/C24H26Cl2N4O5/c25-17-2-1-3-18(26)22(17)19(31)10-14(23(33)34)12-29-21(32)7-4-13-8-9-35-20-6-5-15(11-16(13)20)30-24(27)28/h1-3,5-6,11,13-14H,4,7-10,12H2,(H,29,32)(H,33,34)(H4,27,28,30)/t13-,14+/m1/s1. The number of hydrogen-bond acceptors (Lipinski definition) is 5. The number of carbonyl (C=O) groups excluding carboxylic acids is 2. The molecule has 3 rings (SSSR count). The summed E-state index contributed by atoms with van der Waals surface area (Å²) in [5, 5.41) is 12.5. The second kappa shape index (κ2) is 11.9. The number of ether oxygens (including phenoxy) is 1. The minimum absolute atomic E-state index is 0.0536. The second-order valence-electron chi connectivity index (χ2n) is 8.19. The van der Waals surface area contributed by atoms with Gasteiger partial charge in [-0.2, -0.15) is 0 Å². The lowest BCUT2D eigenvalue weighted by atomic mass is 9.88. The number of carboxylic acids is 1. The largest absolute Gasteiger partial charge is 0.493 e. The molecule has 0 aliphatic carbocycles. The van der Waals surface area contributed by atoms with Crippen molar-refractivity contribution in [2.24, 2.45) is 22.4 Å². The van der Waals surface area contributed by atoms with Crippen molar-refractivity contribution < 1.29 is 24.2 Å². The van der Waals surface area contributed by atoms with Crippen molar-refractivity contribution in [2.45, 2.75) is 31.6 Å². The summed E-state index contributed by atoms with van der Waals surface area (Å²) in [7, 11) is 0. The van der Waals surface area contributed by atoms with Crippen LogP contribution in [-0.4, -0.2) is 41.9 Å². The second-order valence-corrected chi connectivity index (χ2v) is 9.01. The van der Waals surface area contributed by atoms with Crippen molar-refractivity contribution in [1.82, 2.24) is 5.32 Å². The molecule has 35 heavy (non-hydrogen) atoms. The van der Waals surface area contributed by atoms with Gasteiger partial charge in [0.25, 0.3) is 0 Å². The van der Waals surface area contributed by atoms with E-state index in [2.05, 4.69) is 10.3 Å². The topological polar surface area (TPSA) is 157 Å². The molecular formula is C24H26Cl2N4O5. The Morgan fingerprint density at radius 1 is 1.17 bits per heavy atom. The summed E-state index contributed by atoms with van der Waals surface area (Å²) in [6.07, 6.45) is 1.07. The zero-order valence-electron chi connectivity index (χ0n) is 18.8. The summed E-state index contributed by atoms with van der Waals surface area (Å²) in [5.74, 6) is -2.42. The molecule has 6 N–H and O–H groups in total. The van der Waals surface area contributed by atoms with E-state index in [-0.39, 0.29) is 52.8 Å². The molecule has 1 aliphatic heterocycles. The summed E-state index contributed by atoms with van der Waals surface area (Å²) >= 11 is 12.1. The third-order valence-electron chi connectivity index (χ3n) is 5.70. The van der Waals surface area contributed by atoms with E-state index < -0.39 is 17.7 Å². The first-order valence-corrected chi connectivity index (χ1v) is 11.7. The van der Waals surface area contributed by atoms with Crippen molar-refractivity contribution >= 4 is 52.5 Å². The lowest BCUT2D eigenvalue weighted by molar-refractivity contribution is -0.141. The molecule has 0 saturated heterocycles. The molecule has 0 aromatic heterocycles. The highest BCUT2D eigenvalue weighted by Crippen LogP contribution is 2.38. The molecule has 0 unspecified atom stereocenters. The fourth-order valence-corrected chi connectivity index (χ4v) is 4.55. The summed E-state index contributed by atoms with van der Waals surface area (Å²) in [6, 6.07) is 9.98. The molecule has 0 radical (unpaired) electrons. The molecular weight excluding hydrogens is 495 g/mol. The first-order chi connectivity index (χ1) is 16.7.